The zero-order valence-electron chi connectivity index (χ0n) is 6.71. The van der Waals surface area contributed by atoms with E-state index < -0.39 is 6.10 Å². The number of benzene rings is 1. The van der Waals surface area contributed by atoms with Crippen molar-refractivity contribution in [2.45, 2.75) is 13.0 Å². The highest BCUT2D eigenvalue weighted by atomic mass is 35.5. The van der Waals surface area contributed by atoms with Crippen LogP contribution in [0.2, 0.25) is 5.02 Å². The third-order valence-electron chi connectivity index (χ3n) is 1.25. The topological polar surface area (TPSA) is 20.2 Å². The summed E-state index contributed by atoms with van der Waals surface area (Å²) in [6.07, 6.45) is -0.594. The molecular weight excluding hydrogens is 172 g/mol. The van der Waals surface area contributed by atoms with Gasteiger partial charge in [0.05, 0.1) is 0 Å². The third kappa shape index (κ3) is 2.96. The van der Waals surface area contributed by atoms with Crippen LogP contribution in [0.3, 0.4) is 0 Å². The van der Waals surface area contributed by atoms with E-state index in [1.54, 1.807) is 19.1 Å². The lowest BCUT2D eigenvalue weighted by Crippen LogP contribution is -1.92. The summed E-state index contributed by atoms with van der Waals surface area (Å²) in [5.41, 5.74) is 0.823. The van der Waals surface area contributed by atoms with E-state index in [9.17, 15) is 0 Å². The largest absolute Gasteiger partial charge is 0.381 e. The molecule has 0 saturated carbocycles. The molecule has 2 heteroatoms. The van der Waals surface area contributed by atoms with Gasteiger partial charge < -0.3 is 5.11 Å². The fourth-order valence-corrected chi connectivity index (χ4v) is 0.944. The van der Waals surface area contributed by atoms with Crippen LogP contribution in [0.5, 0.6) is 0 Å². The summed E-state index contributed by atoms with van der Waals surface area (Å²) in [5, 5.41) is 9.54. The molecule has 12 heavy (non-hydrogen) atoms. The summed E-state index contributed by atoms with van der Waals surface area (Å²) in [6, 6.07) is 7.22. The average Bonchev–Trinajstić information content (AvgIpc) is 2.01. The Morgan fingerprint density at radius 2 is 2.25 bits per heavy atom. The Bertz CT molecular complexity index is 320. The second kappa shape index (κ2) is 4.15. The van der Waals surface area contributed by atoms with Crippen LogP contribution in [-0.4, -0.2) is 11.2 Å². The van der Waals surface area contributed by atoms with Crippen molar-refractivity contribution in [2.75, 3.05) is 0 Å². The van der Waals surface area contributed by atoms with Gasteiger partial charge in [-0.1, -0.05) is 29.5 Å². The van der Waals surface area contributed by atoms with Gasteiger partial charge in [-0.3, -0.25) is 0 Å². The van der Waals surface area contributed by atoms with E-state index in [0.29, 0.717) is 5.02 Å². The number of aliphatic hydroxyl groups excluding tert-OH is 1. The maximum Gasteiger partial charge on any atom is 0.112 e. The SMILES string of the molecule is C[C@@H](O)C#Cc1cccc(Cl)c1. The van der Waals surface area contributed by atoms with Crippen molar-refractivity contribution >= 4 is 11.6 Å². The maximum atomic E-state index is 8.88. The molecule has 0 aromatic heterocycles. The molecule has 0 saturated heterocycles. The van der Waals surface area contributed by atoms with Crippen LogP contribution >= 0.6 is 11.6 Å². The Labute approximate surface area is 77.0 Å². The van der Waals surface area contributed by atoms with Crippen LogP contribution in [0.15, 0.2) is 24.3 Å². The third-order valence-corrected chi connectivity index (χ3v) is 1.49. The Balaban J connectivity index is 2.85. The van der Waals surface area contributed by atoms with E-state index >= 15 is 0 Å². The smallest absolute Gasteiger partial charge is 0.112 e. The molecule has 0 radical (unpaired) electrons. The molecule has 1 N–H and O–H groups in total. The summed E-state index contributed by atoms with van der Waals surface area (Å²) in [4.78, 5) is 0. The van der Waals surface area contributed by atoms with E-state index in [-0.39, 0.29) is 0 Å². The first-order valence-electron chi connectivity index (χ1n) is 3.63. The van der Waals surface area contributed by atoms with Crippen LogP contribution in [0.1, 0.15) is 12.5 Å². The van der Waals surface area contributed by atoms with Crippen molar-refractivity contribution < 1.29 is 5.11 Å². The first-order valence-corrected chi connectivity index (χ1v) is 4.01. The van der Waals surface area contributed by atoms with Crippen molar-refractivity contribution in [1.29, 1.82) is 0 Å². The van der Waals surface area contributed by atoms with Crippen LogP contribution < -0.4 is 0 Å². The highest BCUT2D eigenvalue weighted by Gasteiger charge is 1.89. The van der Waals surface area contributed by atoms with Gasteiger partial charge in [0.1, 0.15) is 6.10 Å². The van der Waals surface area contributed by atoms with E-state index in [1.807, 2.05) is 12.1 Å². The zero-order valence-corrected chi connectivity index (χ0v) is 7.47. The molecule has 62 valence electrons. The predicted octanol–water partition coefficient (Wildman–Crippen LogP) is 2.07. The van der Waals surface area contributed by atoms with Gasteiger partial charge in [-0.25, -0.2) is 0 Å². The van der Waals surface area contributed by atoms with E-state index in [1.165, 1.54) is 0 Å². The Morgan fingerprint density at radius 3 is 2.83 bits per heavy atom. The Hall–Kier alpha value is -0.970. The molecule has 0 heterocycles. The molecule has 1 aromatic carbocycles. The molecule has 0 unspecified atom stereocenters. The van der Waals surface area contributed by atoms with Gasteiger partial charge in [0.25, 0.3) is 0 Å². The van der Waals surface area contributed by atoms with Gasteiger partial charge >= 0.3 is 0 Å². The molecule has 1 nitrogen and oxygen atoms in total. The fraction of sp³-hybridized carbons (Fsp3) is 0.200. The number of hydrogen-bond donors (Lipinski definition) is 1. The van der Waals surface area contributed by atoms with Crippen LogP contribution in [0.25, 0.3) is 0 Å². The van der Waals surface area contributed by atoms with Crippen LogP contribution in [-0.2, 0) is 0 Å². The molecular formula is C10H9ClO. The number of aliphatic hydroxyl groups is 1. The summed E-state index contributed by atoms with van der Waals surface area (Å²) in [7, 11) is 0. The minimum absolute atomic E-state index is 0.594. The highest BCUT2D eigenvalue weighted by molar-refractivity contribution is 6.30. The van der Waals surface area contributed by atoms with Gasteiger partial charge in [0.15, 0.2) is 0 Å². The average molecular weight is 181 g/mol. The van der Waals surface area contributed by atoms with Crippen molar-refractivity contribution in [3.8, 4) is 11.8 Å². The standard InChI is InChI=1S/C10H9ClO/c1-8(12)5-6-9-3-2-4-10(11)7-9/h2-4,7-8,12H,1H3/t8-/m1/s1. The first kappa shape index (κ1) is 9.12. The monoisotopic (exact) mass is 180 g/mol. The van der Waals surface area contributed by atoms with Crippen molar-refractivity contribution in [3.63, 3.8) is 0 Å². The number of halogens is 1. The summed E-state index contributed by atoms with van der Waals surface area (Å²) >= 11 is 5.73. The molecule has 0 aliphatic rings. The first-order chi connectivity index (χ1) is 5.68. The minimum atomic E-state index is -0.594. The zero-order chi connectivity index (χ0) is 8.97. The Morgan fingerprint density at radius 1 is 1.50 bits per heavy atom. The molecule has 0 bridgehead atoms. The normalized spacial score (nSPS) is 11.6. The van der Waals surface area contributed by atoms with Gasteiger partial charge in [-0.15, -0.1) is 0 Å². The van der Waals surface area contributed by atoms with E-state index in [0.717, 1.165) is 5.56 Å². The lowest BCUT2D eigenvalue weighted by atomic mass is 10.2. The molecule has 1 rings (SSSR count). The lowest BCUT2D eigenvalue weighted by Gasteiger charge is -1.91. The molecule has 0 spiro atoms. The summed E-state index contributed by atoms with van der Waals surface area (Å²) < 4.78 is 0. The van der Waals surface area contributed by atoms with Gasteiger partial charge in [0, 0.05) is 10.6 Å². The molecule has 1 aromatic rings. The summed E-state index contributed by atoms with van der Waals surface area (Å²) in [6.45, 7) is 1.62. The molecule has 0 aliphatic heterocycles. The van der Waals surface area contributed by atoms with Crippen LogP contribution in [0, 0.1) is 11.8 Å². The highest BCUT2D eigenvalue weighted by Crippen LogP contribution is 2.09. The second-order valence-corrected chi connectivity index (χ2v) is 2.89. The number of rotatable bonds is 0. The maximum absolute atomic E-state index is 8.88. The molecule has 0 amide bonds. The van der Waals surface area contributed by atoms with E-state index in [2.05, 4.69) is 11.8 Å². The molecule has 0 aliphatic carbocycles. The quantitative estimate of drug-likeness (QED) is 0.606. The second-order valence-electron chi connectivity index (χ2n) is 2.46. The predicted molar refractivity (Wildman–Crippen MR) is 50.0 cm³/mol. The Kier molecular flexibility index (Phi) is 3.16. The molecule has 1 atom stereocenters. The number of hydrogen-bond acceptors (Lipinski definition) is 1. The van der Waals surface area contributed by atoms with Crippen LogP contribution in [0.4, 0.5) is 0 Å². The van der Waals surface area contributed by atoms with Gasteiger partial charge in [0.2, 0.25) is 0 Å². The molecule has 0 fully saturated rings. The van der Waals surface area contributed by atoms with Crippen molar-refractivity contribution in [3.05, 3.63) is 34.9 Å². The van der Waals surface area contributed by atoms with Gasteiger partial charge in [-0.2, -0.15) is 0 Å². The lowest BCUT2D eigenvalue weighted by molar-refractivity contribution is 0.253. The van der Waals surface area contributed by atoms with E-state index in [4.69, 9.17) is 16.7 Å². The van der Waals surface area contributed by atoms with Crippen molar-refractivity contribution in [1.82, 2.24) is 0 Å². The fourth-order valence-electron chi connectivity index (χ4n) is 0.754. The summed E-state index contributed by atoms with van der Waals surface area (Å²) in [5.74, 6) is 5.44. The van der Waals surface area contributed by atoms with Gasteiger partial charge in [-0.05, 0) is 25.1 Å². The van der Waals surface area contributed by atoms with Crippen molar-refractivity contribution in [2.24, 2.45) is 0 Å². The minimum Gasteiger partial charge on any atom is -0.381 e.